The van der Waals surface area contributed by atoms with Crippen molar-refractivity contribution in [3.05, 3.63) is 0 Å². The Hall–Kier alpha value is 1.07. The molecular weight excluding hydrogens is 542 g/mol. The van der Waals surface area contributed by atoms with Crippen LogP contribution in [0, 0.1) is 0 Å². The third kappa shape index (κ3) is 39.1. The summed E-state index contributed by atoms with van der Waals surface area (Å²) >= 11 is 0. The van der Waals surface area contributed by atoms with Gasteiger partial charge in [-0.2, -0.15) is 0 Å². The van der Waals surface area contributed by atoms with Gasteiger partial charge >= 0.3 is 51.4 Å². The van der Waals surface area contributed by atoms with E-state index in [1.807, 2.05) is 0 Å². The van der Waals surface area contributed by atoms with Gasteiger partial charge in [-0.05, 0) is 51.7 Å². The maximum Gasteiger partial charge on any atom is 1.00 e. The molecule has 0 aliphatic carbocycles. The molecule has 42 heavy (non-hydrogen) atoms. The van der Waals surface area contributed by atoms with Crippen LogP contribution in [0.1, 0.15) is 219 Å². The van der Waals surface area contributed by atoms with Crippen LogP contribution >= 0.6 is 0 Å². The fourth-order valence-corrected chi connectivity index (χ4v) is 6.18. The number of nitrogens with zero attached hydrogens (tertiary/aromatic N) is 1. The minimum Gasteiger partial charge on any atom is -0.550 e. The molecule has 0 atom stereocenters. The normalized spacial score (nSPS) is 11.3. The fraction of sp³-hybridized carbons (Fsp3) is 0.974. The summed E-state index contributed by atoms with van der Waals surface area (Å²) in [5, 5.41) is 10.7. The second kappa shape index (κ2) is 40.1. The largest absolute Gasteiger partial charge is 1.00 e. The summed E-state index contributed by atoms with van der Waals surface area (Å²) in [6.45, 7) is 8.20. The molecule has 0 aromatic heterocycles. The molecule has 3 nitrogen and oxygen atoms in total. The van der Waals surface area contributed by atoms with Crippen LogP contribution in [0.15, 0.2) is 0 Å². The molecule has 0 saturated heterocycles. The molecule has 0 radical (unpaired) electrons. The zero-order chi connectivity index (χ0) is 29.9. The van der Waals surface area contributed by atoms with E-state index in [0.717, 1.165) is 25.8 Å². The second-order valence-electron chi connectivity index (χ2n) is 13.2. The molecule has 0 fully saturated rings. The van der Waals surface area contributed by atoms with Gasteiger partial charge in [-0.1, -0.05) is 187 Å². The van der Waals surface area contributed by atoms with Gasteiger partial charge in [0, 0.05) is 5.97 Å². The fourth-order valence-electron chi connectivity index (χ4n) is 6.18. The van der Waals surface area contributed by atoms with Crippen LogP contribution in [0.2, 0.25) is 0 Å². The van der Waals surface area contributed by atoms with E-state index in [0.29, 0.717) is 0 Å². The van der Waals surface area contributed by atoms with Crippen molar-refractivity contribution in [2.45, 2.75) is 219 Å². The van der Waals surface area contributed by atoms with Crippen LogP contribution in [-0.4, -0.2) is 30.5 Å². The van der Waals surface area contributed by atoms with E-state index in [2.05, 4.69) is 18.7 Å². The molecule has 0 unspecified atom stereocenters. The topological polar surface area (TPSA) is 43.4 Å². The molecular formula is C38H76KNO2. The first kappa shape index (κ1) is 45.2. The SMILES string of the molecule is CCCCCCCCCCCCCCCCN(CCCCCCCCCCCCCCCC)CCCCCC(=O)[O-].[K+]. The molecule has 0 N–H and O–H groups in total. The van der Waals surface area contributed by atoms with Crippen LogP contribution in [0.5, 0.6) is 0 Å². The minimum atomic E-state index is -0.897. The third-order valence-electron chi connectivity index (χ3n) is 9.01. The predicted octanol–water partition coefficient (Wildman–Crippen LogP) is 8.57. The van der Waals surface area contributed by atoms with Crippen LogP contribution < -0.4 is 56.5 Å². The molecule has 246 valence electrons. The minimum absolute atomic E-state index is 0. The first-order valence-corrected chi connectivity index (χ1v) is 19.1. The van der Waals surface area contributed by atoms with Gasteiger partial charge in [-0.15, -0.1) is 0 Å². The van der Waals surface area contributed by atoms with E-state index in [1.54, 1.807) is 0 Å². The summed E-state index contributed by atoms with van der Waals surface area (Å²) in [4.78, 5) is 13.4. The van der Waals surface area contributed by atoms with Gasteiger partial charge < -0.3 is 14.8 Å². The molecule has 0 aromatic rings. The van der Waals surface area contributed by atoms with Crippen molar-refractivity contribution >= 4 is 5.97 Å². The number of hydrogen-bond acceptors (Lipinski definition) is 3. The Balaban J connectivity index is 0. The van der Waals surface area contributed by atoms with Crippen LogP contribution in [0.25, 0.3) is 0 Å². The first-order chi connectivity index (χ1) is 20.2. The number of carbonyl (C=O) groups excluding carboxylic acids is 1. The maximum atomic E-state index is 10.7. The number of carbonyl (C=O) groups is 1. The molecule has 0 rings (SSSR count). The summed E-state index contributed by atoms with van der Waals surface area (Å²) in [5.41, 5.74) is 0. The van der Waals surface area contributed by atoms with Crippen molar-refractivity contribution < 1.29 is 61.3 Å². The Morgan fingerprint density at radius 1 is 0.381 bits per heavy atom. The number of carboxylic acids is 1. The van der Waals surface area contributed by atoms with Crippen molar-refractivity contribution in [3.63, 3.8) is 0 Å². The van der Waals surface area contributed by atoms with Crippen LogP contribution in [0.4, 0.5) is 0 Å². The standard InChI is InChI=1S/C38H77NO2.K/c1-3-5-7-9-11-13-15-17-19-21-23-25-27-31-35-39(37-33-29-30-34-38(40)41)36-32-28-26-24-22-20-18-16-14-12-10-8-6-4-2;/h3-37H2,1-2H3,(H,40,41);/q;+1/p-1. The number of carboxylic acid groups (broad SMARTS) is 1. The second-order valence-corrected chi connectivity index (χ2v) is 13.2. The first-order valence-electron chi connectivity index (χ1n) is 19.1. The van der Waals surface area contributed by atoms with Gasteiger partial charge in [-0.3, -0.25) is 0 Å². The van der Waals surface area contributed by atoms with Crippen molar-refractivity contribution in [1.82, 2.24) is 4.90 Å². The van der Waals surface area contributed by atoms with E-state index in [4.69, 9.17) is 0 Å². The van der Waals surface area contributed by atoms with Gasteiger partial charge in [0.2, 0.25) is 0 Å². The van der Waals surface area contributed by atoms with Gasteiger partial charge in [0.25, 0.3) is 0 Å². The zero-order valence-electron chi connectivity index (χ0n) is 29.5. The molecule has 0 saturated carbocycles. The molecule has 0 spiro atoms. The van der Waals surface area contributed by atoms with E-state index in [9.17, 15) is 9.90 Å². The van der Waals surface area contributed by atoms with E-state index in [1.165, 1.54) is 193 Å². The summed E-state index contributed by atoms with van der Waals surface area (Å²) in [5.74, 6) is -0.897. The molecule has 4 heteroatoms. The van der Waals surface area contributed by atoms with E-state index >= 15 is 0 Å². The molecule has 0 aromatic carbocycles. The van der Waals surface area contributed by atoms with Gasteiger partial charge in [0.1, 0.15) is 0 Å². The average molecular weight is 618 g/mol. The number of aliphatic carboxylic acids is 1. The maximum absolute atomic E-state index is 10.7. The summed E-state index contributed by atoms with van der Waals surface area (Å²) in [6, 6.07) is 0. The Bertz CT molecular complexity index is 469. The van der Waals surface area contributed by atoms with Crippen molar-refractivity contribution in [1.29, 1.82) is 0 Å². The molecule has 0 aliphatic heterocycles. The molecule has 0 bridgehead atoms. The predicted molar refractivity (Wildman–Crippen MR) is 181 cm³/mol. The molecule has 0 aliphatic rings. The molecule has 0 amide bonds. The Labute approximate surface area is 308 Å². The summed E-state index contributed by atoms with van der Waals surface area (Å²) < 4.78 is 0. The van der Waals surface area contributed by atoms with Gasteiger partial charge in [-0.25, -0.2) is 0 Å². The van der Waals surface area contributed by atoms with Crippen LogP contribution in [-0.2, 0) is 4.79 Å². The van der Waals surface area contributed by atoms with Crippen molar-refractivity contribution in [2.24, 2.45) is 0 Å². The van der Waals surface area contributed by atoms with Crippen molar-refractivity contribution in [2.75, 3.05) is 19.6 Å². The van der Waals surface area contributed by atoms with E-state index in [-0.39, 0.29) is 57.8 Å². The summed E-state index contributed by atoms with van der Waals surface area (Å²) in [7, 11) is 0. The third-order valence-corrected chi connectivity index (χ3v) is 9.01. The quantitative estimate of drug-likeness (QED) is 0.0523. The monoisotopic (exact) mass is 618 g/mol. The van der Waals surface area contributed by atoms with Gasteiger partial charge in [0.05, 0.1) is 0 Å². The average Bonchev–Trinajstić information content (AvgIpc) is 2.96. The van der Waals surface area contributed by atoms with E-state index < -0.39 is 5.97 Å². The Kier molecular flexibility index (Phi) is 43.1. The van der Waals surface area contributed by atoms with Gasteiger partial charge in [0.15, 0.2) is 0 Å². The molecule has 0 heterocycles. The number of unbranched alkanes of at least 4 members (excludes halogenated alkanes) is 28. The summed E-state index contributed by atoms with van der Waals surface area (Å²) in [6.07, 6.45) is 42.8. The Morgan fingerprint density at radius 3 is 0.833 bits per heavy atom. The number of rotatable bonds is 36. The Morgan fingerprint density at radius 2 is 0.595 bits per heavy atom. The smallest absolute Gasteiger partial charge is 0.550 e. The van der Waals surface area contributed by atoms with Crippen LogP contribution in [0.3, 0.4) is 0 Å². The van der Waals surface area contributed by atoms with Crippen molar-refractivity contribution in [3.8, 4) is 0 Å². The number of hydrogen-bond donors (Lipinski definition) is 0. The zero-order valence-corrected chi connectivity index (χ0v) is 32.6.